The average Bonchev–Trinajstić information content (AvgIpc) is 3.01. The van der Waals surface area contributed by atoms with Crippen LogP contribution in [0.15, 0.2) is 42.5 Å². The van der Waals surface area contributed by atoms with Crippen LogP contribution in [0.2, 0.25) is 0 Å². The van der Waals surface area contributed by atoms with E-state index >= 15 is 0 Å². The molecule has 0 aromatic heterocycles. The van der Waals surface area contributed by atoms with Crippen LogP contribution in [0.25, 0.3) is 0 Å². The van der Waals surface area contributed by atoms with Gasteiger partial charge in [-0.25, -0.2) is 12.1 Å². The van der Waals surface area contributed by atoms with Gasteiger partial charge in [-0.05, 0) is 6.92 Å². The van der Waals surface area contributed by atoms with Gasteiger partial charge in [0.15, 0.2) is 0 Å². The summed E-state index contributed by atoms with van der Waals surface area (Å²) >= 11 is 16.9. The van der Waals surface area contributed by atoms with Crippen molar-refractivity contribution in [2.75, 3.05) is 0 Å². The van der Waals surface area contributed by atoms with Gasteiger partial charge >= 0.3 is 0 Å². The van der Waals surface area contributed by atoms with E-state index in [0.29, 0.717) is 11.1 Å². The molecule has 6 heteroatoms. The summed E-state index contributed by atoms with van der Waals surface area (Å²) in [4.78, 5) is 21.5. The van der Waals surface area contributed by atoms with Crippen LogP contribution in [0, 0.1) is 0 Å². The average molecular weight is 387 g/mol. The third kappa shape index (κ3) is 6.37. The molecular weight excluding hydrogens is 374 g/mol. The van der Waals surface area contributed by atoms with E-state index in [1.54, 1.807) is 25.1 Å². The van der Waals surface area contributed by atoms with E-state index in [-0.39, 0.29) is 28.6 Å². The minimum Gasteiger partial charge on any atom is -0.712 e. The number of ketones is 2. The van der Waals surface area contributed by atoms with Gasteiger partial charge in [-0.3, -0.25) is 5.78 Å². The second-order valence-corrected chi connectivity index (χ2v) is 6.42. The smallest absolute Gasteiger partial charge is 0.105 e. The molecule has 0 aliphatic heterocycles. The molecule has 0 N–H and O–H groups in total. The maximum atomic E-state index is 11.0. The first kappa shape index (κ1) is 20.4. The molecule has 0 saturated carbocycles. The Hall–Kier alpha value is -0.571. The minimum absolute atomic E-state index is 0. The van der Waals surface area contributed by atoms with Gasteiger partial charge in [-0.1, -0.05) is 5.56 Å². The van der Waals surface area contributed by atoms with Gasteiger partial charge in [0.1, 0.15) is 5.78 Å². The van der Waals surface area contributed by atoms with Crippen LogP contribution in [0.1, 0.15) is 40.1 Å². The Bertz CT molecular complexity index is 580. The predicted octanol–water partition coefficient (Wildman–Crippen LogP) is 5.04. The summed E-state index contributed by atoms with van der Waals surface area (Å²) < 4.78 is -1.51. The molecule has 2 aromatic rings. The van der Waals surface area contributed by atoms with E-state index in [1.807, 2.05) is 24.3 Å². The fraction of sp³-hybridized carbons (Fsp3) is 0.200. The van der Waals surface area contributed by atoms with E-state index < -0.39 is 3.79 Å². The third-order valence-corrected chi connectivity index (χ3v) is 3.18. The minimum atomic E-state index is -1.51. The standard InChI is InChI=1S/C8H6Cl3O.C7H7O.Fe/c1-5(12)6-3-2-4-7(6)8(9,10)11;1-6(8)7-4-2-3-5-7;/h2-4H,1H3;2-5H,1H3;/q-5;-1;. The molecule has 2 aromatic carbocycles. The van der Waals surface area contributed by atoms with Gasteiger partial charge in [0.25, 0.3) is 0 Å². The molecule has 2 rings (SSSR count). The van der Waals surface area contributed by atoms with Crippen molar-refractivity contribution in [1.82, 2.24) is 0 Å². The Balaban J connectivity index is 0.000000390. The Labute approximate surface area is 149 Å². The number of hydrogen-bond donors (Lipinski definition) is 0. The summed E-state index contributed by atoms with van der Waals surface area (Å²) in [7, 11) is 0. The molecule has 0 spiro atoms. The molecule has 0 bridgehead atoms. The summed E-state index contributed by atoms with van der Waals surface area (Å²) in [6.07, 6.45) is 0. The zero-order valence-corrected chi connectivity index (χ0v) is 14.7. The van der Waals surface area contributed by atoms with E-state index in [4.69, 9.17) is 34.8 Å². The number of alkyl halides is 3. The molecule has 2 nitrogen and oxygen atoms in total. The Morgan fingerprint density at radius 1 is 1.00 bits per heavy atom. The zero-order chi connectivity index (χ0) is 15.3. The maximum Gasteiger partial charge on any atom is 0.105 e. The second-order valence-electron chi connectivity index (χ2n) is 4.14. The Morgan fingerprint density at radius 2 is 1.52 bits per heavy atom. The molecule has 0 aliphatic carbocycles. The van der Waals surface area contributed by atoms with Crippen LogP contribution in [-0.4, -0.2) is 11.6 Å². The van der Waals surface area contributed by atoms with E-state index in [0.717, 1.165) is 5.56 Å². The summed E-state index contributed by atoms with van der Waals surface area (Å²) in [5, 5.41) is 0. The number of halogens is 3. The van der Waals surface area contributed by atoms with Crippen LogP contribution >= 0.6 is 34.8 Å². The molecule has 0 fully saturated rings. The molecule has 0 saturated heterocycles. The van der Waals surface area contributed by atoms with Gasteiger partial charge in [0, 0.05) is 17.1 Å². The molecule has 120 valence electrons. The number of Topliss-reactive ketones (excluding diaryl/α,β-unsaturated/α-hetero) is 2. The van der Waals surface area contributed by atoms with Crippen molar-refractivity contribution < 1.29 is 26.7 Å². The normalized spacial score (nSPS) is 10.1. The Kier molecular flexibility index (Phi) is 8.53. The van der Waals surface area contributed by atoms with Gasteiger partial charge in [-0.15, -0.1) is 41.7 Å². The van der Waals surface area contributed by atoms with E-state index in [1.165, 1.54) is 6.92 Å². The molecular formula is C15H13Cl3FeO2-6. The second kappa shape index (κ2) is 8.77. The van der Waals surface area contributed by atoms with Crippen molar-refractivity contribution in [3.63, 3.8) is 0 Å². The fourth-order valence-corrected chi connectivity index (χ4v) is 2.08. The summed E-state index contributed by atoms with van der Waals surface area (Å²) in [6, 6.07) is 12.3. The van der Waals surface area contributed by atoms with Crippen molar-refractivity contribution in [2.24, 2.45) is 0 Å². The van der Waals surface area contributed by atoms with E-state index in [9.17, 15) is 9.59 Å². The zero-order valence-electron chi connectivity index (χ0n) is 11.3. The van der Waals surface area contributed by atoms with Crippen molar-refractivity contribution in [3.05, 3.63) is 59.2 Å². The molecule has 0 heterocycles. The van der Waals surface area contributed by atoms with Gasteiger partial charge < -0.3 is 38.9 Å². The van der Waals surface area contributed by atoms with Gasteiger partial charge in [0.05, 0.1) is 3.79 Å². The molecule has 0 aliphatic rings. The monoisotopic (exact) mass is 386 g/mol. The summed E-state index contributed by atoms with van der Waals surface area (Å²) in [5.74, 6) is 0.0383. The third-order valence-electron chi connectivity index (χ3n) is 2.57. The molecule has 0 radical (unpaired) electrons. The topological polar surface area (TPSA) is 34.1 Å². The van der Waals surface area contributed by atoms with Crippen LogP contribution in [0.4, 0.5) is 0 Å². The van der Waals surface area contributed by atoms with Crippen LogP contribution < -0.4 is 0 Å². The first-order valence-electron chi connectivity index (χ1n) is 5.80. The maximum absolute atomic E-state index is 11.0. The molecule has 0 unspecified atom stereocenters. The SMILES string of the molecule is CC(=O)[c-]1[cH-][cH-][cH-][c-]1C(Cl)(Cl)Cl.CC(=O)[c-]1cccc1.[Fe]. The quantitative estimate of drug-likeness (QED) is 0.313. The largest absolute Gasteiger partial charge is 0.712 e. The van der Waals surface area contributed by atoms with Crippen molar-refractivity contribution >= 4 is 46.4 Å². The van der Waals surface area contributed by atoms with Gasteiger partial charge in [0.2, 0.25) is 0 Å². The predicted molar refractivity (Wildman–Crippen MR) is 83.3 cm³/mol. The first-order valence-corrected chi connectivity index (χ1v) is 6.93. The molecule has 0 atom stereocenters. The van der Waals surface area contributed by atoms with Crippen molar-refractivity contribution in [3.8, 4) is 0 Å². The first-order chi connectivity index (χ1) is 9.23. The van der Waals surface area contributed by atoms with Gasteiger partial charge in [-0.2, -0.15) is 12.1 Å². The fourth-order valence-electron chi connectivity index (χ4n) is 1.58. The van der Waals surface area contributed by atoms with Crippen molar-refractivity contribution in [2.45, 2.75) is 17.6 Å². The van der Waals surface area contributed by atoms with Crippen LogP contribution in [-0.2, 0) is 20.9 Å². The van der Waals surface area contributed by atoms with Crippen LogP contribution in [0.3, 0.4) is 0 Å². The number of hydrogen-bond acceptors (Lipinski definition) is 2. The molecule has 21 heavy (non-hydrogen) atoms. The van der Waals surface area contributed by atoms with E-state index in [2.05, 4.69) is 0 Å². The summed E-state index contributed by atoms with van der Waals surface area (Å²) in [5.41, 5.74) is 1.71. The summed E-state index contributed by atoms with van der Waals surface area (Å²) in [6.45, 7) is 3.00. The number of rotatable bonds is 2. The number of carbonyl (C=O) groups excluding carboxylic acids is 2. The van der Waals surface area contributed by atoms with Crippen molar-refractivity contribution in [1.29, 1.82) is 0 Å². The number of carbonyl (C=O) groups is 2. The molecule has 0 amide bonds. The Morgan fingerprint density at radius 3 is 1.81 bits per heavy atom. The van der Waals surface area contributed by atoms with Crippen LogP contribution in [0.5, 0.6) is 0 Å².